The second-order valence-electron chi connectivity index (χ2n) is 3.72. The van der Waals surface area contributed by atoms with Gasteiger partial charge in [0.1, 0.15) is 0 Å². The van der Waals surface area contributed by atoms with Crippen LogP contribution in [0.1, 0.15) is 17.2 Å². The van der Waals surface area contributed by atoms with Crippen LogP contribution in [0.25, 0.3) is 0 Å². The fourth-order valence-electron chi connectivity index (χ4n) is 1.60. The zero-order chi connectivity index (χ0) is 11.4. The fraction of sp³-hybridized carbons (Fsp3) is 0.154. The molecule has 1 atom stereocenters. The van der Waals surface area contributed by atoms with Gasteiger partial charge < -0.3 is 5.73 Å². The van der Waals surface area contributed by atoms with E-state index in [0.29, 0.717) is 0 Å². The van der Waals surface area contributed by atoms with Crippen molar-refractivity contribution >= 4 is 15.9 Å². The maximum atomic E-state index is 6.13. The van der Waals surface area contributed by atoms with E-state index >= 15 is 0 Å². The number of aromatic nitrogens is 1. The third-order valence-electron chi connectivity index (χ3n) is 2.50. The van der Waals surface area contributed by atoms with Crippen LogP contribution in [0.3, 0.4) is 0 Å². The zero-order valence-electron chi connectivity index (χ0n) is 8.81. The summed E-state index contributed by atoms with van der Waals surface area (Å²) < 4.78 is 1.09. The summed E-state index contributed by atoms with van der Waals surface area (Å²) in [6, 6.07) is 12.2. The summed E-state index contributed by atoms with van der Waals surface area (Å²) in [6.45, 7) is 0. The van der Waals surface area contributed by atoms with Gasteiger partial charge in [-0.3, -0.25) is 4.98 Å². The third-order valence-corrected chi connectivity index (χ3v) is 3.03. The quantitative estimate of drug-likeness (QED) is 0.936. The highest BCUT2D eigenvalue weighted by molar-refractivity contribution is 9.10. The van der Waals surface area contributed by atoms with Crippen molar-refractivity contribution < 1.29 is 0 Å². The van der Waals surface area contributed by atoms with Crippen LogP contribution in [0.5, 0.6) is 0 Å². The van der Waals surface area contributed by atoms with E-state index in [2.05, 4.69) is 33.0 Å². The SMILES string of the molecule is NC(Cc1ccc(Br)cc1)c1ccncc1. The van der Waals surface area contributed by atoms with Gasteiger partial charge >= 0.3 is 0 Å². The van der Waals surface area contributed by atoms with Gasteiger partial charge in [0.2, 0.25) is 0 Å². The molecule has 0 aliphatic rings. The Morgan fingerprint density at radius 1 is 1.06 bits per heavy atom. The Kier molecular flexibility index (Phi) is 3.70. The van der Waals surface area contributed by atoms with Crippen molar-refractivity contribution in [3.8, 4) is 0 Å². The molecule has 0 bridgehead atoms. The Hall–Kier alpha value is -1.19. The molecule has 3 heteroatoms. The van der Waals surface area contributed by atoms with Crippen molar-refractivity contribution in [3.05, 3.63) is 64.4 Å². The maximum absolute atomic E-state index is 6.13. The first kappa shape index (κ1) is 11.3. The first-order valence-electron chi connectivity index (χ1n) is 5.15. The highest BCUT2D eigenvalue weighted by Crippen LogP contribution is 2.17. The molecule has 2 rings (SSSR count). The average molecular weight is 277 g/mol. The monoisotopic (exact) mass is 276 g/mol. The average Bonchev–Trinajstić information content (AvgIpc) is 2.33. The Balaban J connectivity index is 2.08. The van der Waals surface area contributed by atoms with E-state index in [4.69, 9.17) is 5.73 Å². The van der Waals surface area contributed by atoms with Crippen molar-refractivity contribution in [2.24, 2.45) is 5.73 Å². The number of benzene rings is 1. The Morgan fingerprint density at radius 3 is 2.31 bits per heavy atom. The standard InChI is InChI=1S/C13H13BrN2/c14-12-3-1-10(2-4-12)9-13(15)11-5-7-16-8-6-11/h1-8,13H,9,15H2. The van der Waals surface area contributed by atoms with Gasteiger partial charge in [-0.25, -0.2) is 0 Å². The summed E-state index contributed by atoms with van der Waals surface area (Å²) in [4.78, 5) is 3.98. The molecule has 1 aromatic carbocycles. The van der Waals surface area contributed by atoms with Gasteiger partial charge in [-0.15, -0.1) is 0 Å². The van der Waals surface area contributed by atoms with E-state index in [9.17, 15) is 0 Å². The number of nitrogens with zero attached hydrogens (tertiary/aromatic N) is 1. The Labute approximate surface area is 104 Å². The highest BCUT2D eigenvalue weighted by Gasteiger charge is 2.06. The van der Waals surface area contributed by atoms with Gasteiger partial charge in [0.25, 0.3) is 0 Å². The molecule has 1 aromatic heterocycles. The third kappa shape index (κ3) is 2.90. The van der Waals surface area contributed by atoms with E-state index in [1.807, 2.05) is 24.3 Å². The van der Waals surface area contributed by atoms with E-state index in [1.165, 1.54) is 5.56 Å². The summed E-state index contributed by atoms with van der Waals surface area (Å²) in [6.07, 6.45) is 4.39. The van der Waals surface area contributed by atoms with Gasteiger partial charge in [-0.1, -0.05) is 28.1 Å². The molecule has 0 spiro atoms. The smallest absolute Gasteiger partial charge is 0.0336 e. The van der Waals surface area contributed by atoms with Gasteiger partial charge in [0.15, 0.2) is 0 Å². The van der Waals surface area contributed by atoms with E-state index in [1.54, 1.807) is 12.4 Å². The second kappa shape index (κ2) is 5.23. The number of halogens is 1. The molecular weight excluding hydrogens is 264 g/mol. The van der Waals surface area contributed by atoms with Gasteiger partial charge in [0.05, 0.1) is 0 Å². The van der Waals surface area contributed by atoms with E-state index < -0.39 is 0 Å². The molecule has 1 heterocycles. The molecule has 0 amide bonds. The normalized spacial score (nSPS) is 12.4. The summed E-state index contributed by atoms with van der Waals surface area (Å²) in [5.41, 5.74) is 8.49. The zero-order valence-corrected chi connectivity index (χ0v) is 10.4. The molecule has 0 saturated heterocycles. The van der Waals surface area contributed by atoms with Gasteiger partial charge in [-0.05, 0) is 41.8 Å². The lowest BCUT2D eigenvalue weighted by atomic mass is 10.0. The van der Waals surface area contributed by atoms with Crippen LogP contribution in [-0.2, 0) is 6.42 Å². The molecule has 2 aromatic rings. The summed E-state index contributed by atoms with van der Waals surface area (Å²) in [5, 5.41) is 0. The van der Waals surface area contributed by atoms with Crippen LogP contribution in [0.15, 0.2) is 53.3 Å². The van der Waals surface area contributed by atoms with Crippen LogP contribution in [0.2, 0.25) is 0 Å². The minimum atomic E-state index is 0.0316. The fourth-order valence-corrected chi connectivity index (χ4v) is 1.87. The summed E-state index contributed by atoms with van der Waals surface area (Å²) in [7, 11) is 0. The molecule has 0 radical (unpaired) electrons. The Morgan fingerprint density at radius 2 is 1.69 bits per heavy atom. The second-order valence-corrected chi connectivity index (χ2v) is 4.63. The largest absolute Gasteiger partial charge is 0.324 e. The predicted molar refractivity (Wildman–Crippen MR) is 69.0 cm³/mol. The molecule has 16 heavy (non-hydrogen) atoms. The molecule has 0 aliphatic heterocycles. The molecule has 82 valence electrons. The van der Waals surface area contributed by atoms with Crippen molar-refractivity contribution in [1.29, 1.82) is 0 Å². The molecule has 0 fully saturated rings. The molecule has 1 unspecified atom stereocenters. The Bertz CT molecular complexity index is 439. The number of nitrogens with two attached hydrogens (primary N) is 1. The van der Waals surface area contributed by atoms with Crippen molar-refractivity contribution in [2.45, 2.75) is 12.5 Å². The summed E-state index contributed by atoms with van der Waals surface area (Å²) in [5.74, 6) is 0. The number of rotatable bonds is 3. The number of pyridine rings is 1. The van der Waals surface area contributed by atoms with Gasteiger partial charge in [-0.2, -0.15) is 0 Å². The van der Waals surface area contributed by atoms with Crippen LogP contribution in [-0.4, -0.2) is 4.98 Å². The molecule has 0 saturated carbocycles. The van der Waals surface area contributed by atoms with E-state index in [-0.39, 0.29) is 6.04 Å². The van der Waals surface area contributed by atoms with Gasteiger partial charge in [0, 0.05) is 22.9 Å². The lowest BCUT2D eigenvalue weighted by Crippen LogP contribution is -2.13. The molecule has 2 nitrogen and oxygen atoms in total. The van der Waals surface area contributed by atoms with Crippen LogP contribution < -0.4 is 5.73 Å². The van der Waals surface area contributed by atoms with Crippen LogP contribution in [0.4, 0.5) is 0 Å². The minimum absolute atomic E-state index is 0.0316. The van der Waals surface area contributed by atoms with Crippen molar-refractivity contribution in [2.75, 3.05) is 0 Å². The highest BCUT2D eigenvalue weighted by atomic mass is 79.9. The van der Waals surface area contributed by atoms with Crippen LogP contribution in [0, 0.1) is 0 Å². The number of hydrogen-bond acceptors (Lipinski definition) is 2. The lowest BCUT2D eigenvalue weighted by Gasteiger charge is -2.11. The predicted octanol–water partition coefficient (Wildman–Crippen LogP) is 3.09. The molecule has 2 N–H and O–H groups in total. The summed E-state index contributed by atoms with van der Waals surface area (Å²) >= 11 is 3.42. The molecular formula is C13H13BrN2. The first-order valence-corrected chi connectivity index (χ1v) is 5.95. The minimum Gasteiger partial charge on any atom is -0.324 e. The van der Waals surface area contributed by atoms with Crippen molar-refractivity contribution in [1.82, 2.24) is 4.98 Å². The first-order chi connectivity index (χ1) is 7.75. The van der Waals surface area contributed by atoms with Crippen molar-refractivity contribution in [3.63, 3.8) is 0 Å². The number of hydrogen-bond donors (Lipinski definition) is 1. The maximum Gasteiger partial charge on any atom is 0.0336 e. The molecule has 0 aliphatic carbocycles. The van der Waals surface area contributed by atoms with E-state index in [0.717, 1.165) is 16.5 Å². The van der Waals surface area contributed by atoms with Crippen LogP contribution >= 0.6 is 15.9 Å². The topological polar surface area (TPSA) is 38.9 Å². The lowest BCUT2D eigenvalue weighted by molar-refractivity contribution is 0.720.